The number of nitrogen functional groups attached to an aromatic ring is 1. The molecule has 3 N–H and O–H groups in total. The van der Waals surface area contributed by atoms with E-state index in [0.717, 1.165) is 5.69 Å². The molecule has 17 heavy (non-hydrogen) atoms. The lowest BCUT2D eigenvalue weighted by Crippen LogP contribution is -2.09. The van der Waals surface area contributed by atoms with Gasteiger partial charge >= 0.3 is 0 Å². The Morgan fingerprint density at radius 1 is 1.41 bits per heavy atom. The zero-order chi connectivity index (χ0) is 12.1. The minimum atomic E-state index is 0.546. The van der Waals surface area contributed by atoms with Crippen LogP contribution in [0.2, 0.25) is 0 Å². The van der Waals surface area contributed by atoms with Gasteiger partial charge in [-0.2, -0.15) is 0 Å². The average molecular weight is 234 g/mol. The van der Waals surface area contributed by atoms with Gasteiger partial charge in [-0.1, -0.05) is 6.08 Å². The van der Waals surface area contributed by atoms with Gasteiger partial charge in [0.25, 0.3) is 0 Å². The highest BCUT2D eigenvalue weighted by atomic mass is 16.6. The molecular weight excluding hydrogens is 220 g/mol. The zero-order valence-corrected chi connectivity index (χ0v) is 9.35. The average Bonchev–Trinajstić information content (AvgIpc) is 2.81. The van der Waals surface area contributed by atoms with Gasteiger partial charge in [0.15, 0.2) is 11.0 Å². The second-order valence-electron chi connectivity index (χ2n) is 3.45. The number of aromatic nitrogens is 2. The first-order valence-corrected chi connectivity index (χ1v) is 5.26. The molecule has 0 radical (unpaired) electrons. The fourth-order valence-electron chi connectivity index (χ4n) is 1.45. The summed E-state index contributed by atoms with van der Waals surface area (Å²) in [5, 5.41) is 10.7. The number of benzene rings is 1. The Bertz CT molecular complexity index is 509. The molecule has 1 aromatic heterocycles. The minimum absolute atomic E-state index is 0.546. The Labute approximate surface area is 98.4 Å². The van der Waals surface area contributed by atoms with E-state index in [-0.39, 0.29) is 0 Å². The first kappa shape index (κ1) is 11.4. The number of anilines is 2. The van der Waals surface area contributed by atoms with Crippen molar-refractivity contribution in [1.82, 2.24) is 10.3 Å². The molecule has 90 valence electrons. The van der Waals surface area contributed by atoms with Crippen LogP contribution in [0.25, 0.3) is 11.0 Å². The molecule has 6 heteroatoms. The van der Waals surface area contributed by atoms with Gasteiger partial charge in [0.2, 0.25) is 0 Å². The molecule has 0 aliphatic heterocycles. The number of rotatable bonds is 6. The molecule has 2 aromatic rings. The number of nitrogens with zero attached hydrogens (tertiary/aromatic N) is 2. The van der Waals surface area contributed by atoms with Crippen LogP contribution >= 0.6 is 0 Å². The molecule has 0 spiro atoms. The molecule has 6 nitrogen and oxygen atoms in total. The van der Waals surface area contributed by atoms with Crippen molar-refractivity contribution in [3.63, 3.8) is 0 Å². The Morgan fingerprint density at radius 3 is 3.06 bits per heavy atom. The fraction of sp³-hybridized carbons (Fsp3) is 0.273. The van der Waals surface area contributed by atoms with Crippen LogP contribution in [0.3, 0.4) is 0 Å². The van der Waals surface area contributed by atoms with E-state index >= 15 is 0 Å². The SMILES string of the molecule is C=CCOCCNc1ccc(N)c2nonc12. The van der Waals surface area contributed by atoms with Gasteiger partial charge in [-0.15, -0.1) is 6.58 Å². The largest absolute Gasteiger partial charge is 0.397 e. The third kappa shape index (κ3) is 2.54. The van der Waals surface area contributed by atoms with Gasteiger partial charge < -0.3 is 15.8 Å². The highest BCUT2D eigenvalue weighted by Crippen LogP contribution is 2.24. The lowest BCUT2D eigenvalue weighted by atomic mass is 10.2. The van der Waals surface area contributed by atoms with Gasteiger partial charge in [0.05, 0.1) is 24.6 Å². The van der Waals surface area contributed by atoms with Crippen molar-refractivity contribution in [2.75, 3.05) is 30.8 Å². The summed E-state index contributed by atoms with van der Waals surface area (Å²) in [7, 11) is 0. The van der Waals surface area contributed by atoms with Crippen molar-refractivity contribution in [1.29, 1.82) is 0 Å². The molecule has 1 heterocycles. The molecule has 0 aliphatic rings. The number of hydrogen-bond acceptors (Lipinski definition) is 6. The Hall–Kier alpha value is -2.08. The van der Waals surface area contributed by atoms with Crippen molar-refractivity contribution in [2.24, 2.45) is 0 Å². The lowest BCUT2D eigenvalue weighted by Gasteiger charge is -2.06. The van der Waals surface area contributed by atoms with Crippen molar-refractivity contribution in [3.05, 3.63) is 24.8 Å². The van der Waals surface area contributed by atoms with Gasteiger partial charge in [-0.05, 0) is 22.4 Å². The van der Waals surface area contributed by atoms with E-state index in [2.05, 4.69) is 26.8 Å². The van der Waals surface area contributed by atoms with Gasteiger partial charge in [-0.25, -0.2) is 4.63 Å². The van der Waals surface area contributed by atoms with Crippen molar-refractivity contribution < 1.29 is 9.37 Å². The maximum Gasteiger partial charge on any atom is 0.160 e. The molecule has 1 aromatic carbocycles. The number of ether oxygens (including phenoxy) is 1. The summed E-state index contributed by atoms with van der Waals surface area (Å²) in [5.41, 5.74) is 8.32. The second-order valence-corrected chi connectivity index (χ2v) is 3.45. The van der Waals surface area contributed by atoms with E-state index in [1.54, 1.807) is 12.1 Å². The highest BCUT2D eigenvalue weighted by Gasteiger charge is 2.09. The molecule has 0 atom stereocenters. The maximum absolute atomic E-state index is 5.74. The summed E-state index contributed by atoms with van der Waals surface area (Å²) in [5.74, 6) is 0. The number of hydrogen-bond donors (Lipinski definition) is 2. The number of nitrogens with two attached hydrogens (primary N) is 1. The van der Waals surface area contributed by atoms with Gasteiger partial charge in [-0.3, -0.25) is 0 Å². The van der Waals surface area contributed by atoms with Crippen molar-refractivity contribution >= 4 is 22.4 Å². The third-order valence-corrected chi connectivity index (χ3v) is 2.24. The molecule has 2 rings (SSSR count). The molecule has 0 bridgehead atoms. The first-order chi connectivity index (χ1) is 8.33. The Balaban J connectivity index is 2.01. The predicted molar refractivity (Wildman–Crippen MR) is 65.7 cm³/mol. The molecule has 0 fully saturated rings. The van der Waals surface area contributed by atoms with Crippen LogP contribution in [0.4, 0.5) is 11.4 Å². The van der Waals surface area contributed by atoms with E-state index < -0.39 is 0 Å². The molecule has 0 saturated heterocycles. The van der Waals surface area contributed by atoms with Crippen LogP contribution in [0.5, 0.6) is 0 Å². The minimum Gasteiger partial charge on any atom is -0.397 e. The van der Waals surface area contributed by atoms with Crippen LogP contribution < -0.4 is 11.1 Å². The molecule has 0 unspecified atom stereocenters. The highest BCUT2D eigenvalue weighted by molar-refractivity contribution is 5.94. The quantitative estimate of drug-likeness (QED) is 0.446. The molecular formula is C11H14N4O2. The Morgan fingerprint density at radius 2 is 2.24 bits per heavy atom. The van der Waals surface area contributed by atoms with Gasteiger partial charge in [0.1, 0.15) is 0 Å². The van der Waals surface area contributed by atoms with Crippen LogP contribution in [-0.2, 0) is 4.74 Å². The van der Waals surface area contributed by atoms with Crippen LogP contribution in [0, 0.1) is 0 Å². The summed E-state index contributed by atoms with van der Waals surface area (Å²) in [4.78, 5) is 0. The van der Waals surface area contributed by atoms with Gasteiger partial charge in [0, 0.05) is 6.54 Å². The van der Waals surface area contributed by atoms with Crippen LogP contribution in [0.1, 0.15) is 0 Å². The summed E-state index contributed by atoms with van der Waals surface area (Å²) in [6.45, 7) is 5.37. The summed E-state index contributed by atoms with van der Waals surface area (Å²) < 4.78 is 9.92. The monoisotopic (exact) mass is 234 g/mol. The van der Waals surface area contributed by atoms with Crippen molar-refractivity contribution in [3.8, 4) is 0 Å². The summed E-state index contributed by atoms with van der Waals surface area (Å²) >= 11 is 0. The lowest BCUT2D eigenvalue weighted by molar-refractivity contribution is 0.173. The van der Waals surface area contributed by atoms with Crippen LogP contribution in [0.15, 0.2) is 29.4 Å². The van der Waals surface area contributed by atoms with E-state index in [1.807, 2.05) is 6.07 Å². The molecule has 0 saturated carbocycles. The topological polar surface area (TPSA) is 86.2 Å². The summed E-state index contributed by atoms with van der Waals surface area (Å²) in [6, 6.07) is 3.61. The normalized spacial score (nSPS) is 10.6. The standard InChI is InChI=1S/C11H14N4O2/c1-2-6-16-7-5-13-9-4-3-8(12)10-11(9)15-17-14-10/h2-4,13H,1,5-7,12H2. The predicted octanol–water partition coefficient (Wildman–Crippen LogP) is 1.42. The smallest absolute Gasteiger partial charge is 0.160 e. The fourth-order valence-corrected chi connectivity index (χ4v) is 1.45. The van der Waals surface area contributed by atoms with E-state index in [4.69, 9.17) is 10.5 Å². The van der Waals surface area contributed by atoms with E-state index in [1.165, 1.54) is 0 Å². The second kappa shape index (κ2) is 5.31. The van der Waals surface area contributed by atoms with Crippen LogP contribution in [-0.4, -0.2) is 30.1 Å². The third-order valence-electron chi connectivity index (χ3n) is 2.24. The Kier molecular flexibility index (Phi) is 3.56. The molecule has 0 amide bonds. The van der Waals surface area contributed by atoms with E-state index in [9.17, 15) is 0 Å². The molecule has 0 aliphatic carbocycles. The number of nitrogens with one attached hydrogen (secondary N) is 1. The summed E-state index contributed by atoms with van der Waals surface area (Å²) in [6.07, 6.45) is 1.71. The van der Waals surface area contributed by atoms with Crippen molar-refractivity contribution in [2.45, 2.75) is 0 Å². The first-order valence-electron chi connectivity index (χ1n) is 5.26. The van der Waals surface area contributed by atoms with E-state index in [0.29, 0.717) is 36.5 Å². The zero-order valence-electron chi connectivity index (χ0n) is 9.35. The maximum atomic E-state index is 5.74. The number of fused-ring (bicyclic) bond motifs is 1.